The number of alkyl halides is 1. The average molecular weight is 547 g/mol. The van der Waals surface area contributed by atoms with Gasteiger partial charge >= 0.3 is 11.9 Å². The highest BCUT2D eigenvalue weighted by atomic mass is 19.1. The molecular weight excluding hydrogens is 507 g/mol. The van der Waals surface area contributed by atoms with E-state index in [2.05, 4.69) is 0 Å². The Labute approximate surface area is 227 Å². The summed E-state index contributed by atoms with van der Waals surface area (Å²) in [5, 5.41) is 33.0. The van der Waals surface area contributed by atoms with Gasteiger partial charge in [0, 0.05) is 16.7 Å². The van der Waals surface area contributed by atoms with E-state index >= 15 is 4.39 Å². The van der Waals surface area contributed by atoms with Crippen molar-refractivity contribution in [2.24, 2.45) is 40.4 Å². The molecule has 0 heterocycles. The summed E-state index contributed by atoms with van der Waals surface area (Å²) < 4.78 is 22.6. The maximum Gasteiger partial charge on any atom is 0.310 e. The largest absolute Gasteiger partial charge is 0.481 e. The molecule has 0 aliphatic heterocycles. The quantitative estimate of drug-likeness (QED) is 0.447. The lowest BCUT2D eigenvalue weighted by atomic mass is 9.44. The molecule has 214 valence electrons. The van der Waals surface area contributed by atoms with Gasteiger partial charge in [0.2, 0.25) is 5.78 Å². The second kappa shape index (κ2) is 9.33. The maximum atomic E-state index is 17.3. The Morgan fingerprint density at radius 3 is 2.44 bits per heavy atom. The predicted molar refractivity (Wildman–Crippen MR) is 137 cm³/mol. The molecule has 0 unspecified atom stereocenters. The zero-order chi connectivity index (χ0) is 28.5. The third-order valence-corrected chi connectivity index (χ3v) is 11.4. The van der Waals surface area contributed by atoms with Crippen LogP contribution in [0.4, 0.5) is 4.39 Å². The molecule has 0 saturated heterocycles. The van der Waals surface area contributed by atoms with E-state index in [4.69, 9.17) is 4.74 Å². The van der Waals surface area contributed by atoms with Gasteiger partial charge in [-0.15, -0.1) is 0 Å². The minimum atomic E-state index is -2.08. The molecular formula is C30H39FO8. The van der Waals surface area contributed by atoms with E-state index in [1.165, 1.54) is 12.2 Å². The van der Waals surface area contributed by atoms with E-state index in [-0.39, 0.29) is 12.2 Å². The normalized spacial score (nSPS) is 46.9. The van der Waals surface area contributed by atoms with Crippen molar-refractivity contribution in [2.75, 3.05) is 6.61 Å². The number of aliphatic hydroxyl groups excluding tert-OH is 1. The molecule has 3 N–H and O–H groups in total. The Morgan fingerprint density at radius 1 is 1.10 bits per heavy atom. The van der Waals surface area contributed by atoms with E-state index in [1.54, 1.807) is 26.8 Å². The van der Waals surface area contributed by atoms with Gasteiger partial charge in [0.05, 0.1) is 17.9 Å². The number of carboxylic acids is 1. The molecule has 0 amide bonds. The summed E-state index contributed by atoms with van der Waals surface area (Å²) in [7, 11) is 0. The first-order valence-corrected chi connectivity index (χ1v) is 14.2. The van der Waals surface area contributed by atoms with E-state index < -0.39 is 82.1 Å². The van der Waals surface area contributed by atoms with Crippen LogP contribution in [0, 0.1) is 40.4 Å². The zero-order valence-corrected chi connectivity index (χ0v) is 22.8. The van der Waals surface area contributed by atoms with Gasteiger partial charge in [0.1, 0.15) is 5.60 Å². The summed E-state index contributed by atoms with van der Waals surface area (Å²) in [6, 6.07) is 0. The molecule has 0 aromatic heterocycles. The van der Waals surface area contributed by atoms with Crippen LogP contribution in [0.2, 0.25) is 0 Å². The number of carbonyl (C=O) groups excluding carboxylic acids is 3. The molecule has 9 heteroatoms. The second-order valence-electron chi connectivity index (χ2n) is 13.0. The van der Waals surface area contributed by atoms with Gasteiger partial charge in [-0.3, -0.25) is 19.2 Å². The first-order chi connectivity index (χ1) is 18.2. The van der Waals surface area contributed by atoms with Crippen molar-refractivity contribution in [2.45, 2.75) is 89.5 Å². The molecule has 0 aromatic rings. The van der Waals surface area contributed by atoms with E-state index in [1.807, 2.05) is 0 Å². The number of ether oxygens (including phenoxy) is 1. The van der Waals surface area contributed by atoms with Crippen LogP contribution in [0.15, 0.2) is 23.8 Å². The van der Waals surface area contributed by atoms with Gasteiger partial charge in [-0.2, -0.15) is 0 Å². The molecule has 5 rings (SSSR count). The van der Waals surface area contributed by atoms with Crippen LogP contribution < -0.4 is 0 Å². The number of rotatable bonds is 5. The minimum Gasteiger partial charge on any atom is -0.481 e. The average Bonchev–Trinajstić information content (AvgIpc) is 3.09. The zero-order valence-electron chi connectivity index (χ0n) is 22.8. The number of hydrogen-bond donors (Lipinski definition) is 3. The number of halogens is 1. The molecule has 0 spiro atoms. The standard InChI is InChI=1S/C30H39FO8/c1-16-12-22-21-9-8-17-13-18(32)10-11-27(17,2)29(21,31)23(33)14-28(22,3)30(16,38)24(34)15-39-26(37)20-7-5-4-6-19(20)25(35)36/h10-11,13,16,19-23,33,38H,4-9,12,14-15H2,1-3H3,(H,35,36)/t16-,19-,20-,21+,22+,23+,27+,28+,29+,30+/m1/s1. The number of Topliss-reactive ketones (excluding diaryl/α,β-unsaturated/α-hetero) is 1. The molecule has 0 radical (unpaired) electrons. The Hall–Kier alpha value is -2.39. The highest BCUT2D eigenvalue weighted by Gasteiger charge is 2.75. The van der Waals surface area contributed by atoms with Crippen molar-refractivity contribution in [1.29, 1.82) is 0 Å². The molecule has 10 atom stereocenters. The number of carboxylic acid groups (broad SMARTS) is 1. The van der Waals surface area contributed by atoms with Crippen molar-refractivity contribution in [1.82, 2.24) is 0 Å². The van der Waals surface area contributed by atoms with E-state index in [0.717, 1.165) is 0 Å². The minimum absolute atomic E-state index is 0.167. The number of allylic oxidation sites excluding steroid dienone is 4. The summed E-state index contributed by atoms with van der Waals surface area (Å²) in [4.78, 5) is 50.1. The fraction of sp³-hybridized carbons (Fsp3) is 0.733. The molecule has 5 aliphatic rings. The summed E-state index contributed by atoms with van der Waals surface area (Å²) in [6.07, 6.45) is 6.06. The van der Waals surface area contributed by atoms with Crippen LogP contribution in [-0.2, 0) is 23.9 Å². The third kappa shape index (κ3) is 3.75. The Morgan fingerprint density at radius 2 is 1.77 bits per heavy atom. The lowest BCUT2D eigenvalue weighted by Gasteiger charge is -2.62. The van der Waals surface area contributed by atoms with Crippen LogP contribution in [0.25, 0.3) is 0 Å². The molecule has 5 aliphatic carbocycles. The molecule has 4 fully saturated rings. The lowest BCUT2D eigenvalue weighted by Crippen LogP contribution is -2.69. The number of fused-ring (bicyclic) bond motifs is 5. The topological polar surface area (TPSA) is 138 Å². The lowest BCUT2D eigenvalue weighted by molar-refractivity contribution is -0.220. The van der Waals surface area contributed by atoms with Crippen LogP contribution in [0.5, 0.6) is 0 Å². The molecule has 8 nitrogen and oxygen atoms in total. The van der Waals surface area contributed by atoms with Crippen molar-refractivity contribution in [3.63, 3.8) is 0 Å². The molecule has 0 bridgehead atoms. The first kappa shape index (κ1) is 28.1. The Balaban J connectivity index is 1.39. The fourth-order valence-corrected chi connectivity index (χ4v) is 9.20. The monoisotopic (exact) mass is 546 g/mol. The van der Waals surface area contributed by atoms with Crippen LogP contribution >= 0.6 is 0 Å². The second-order valence-corrected chi connectivity index (χ2v) is 13.0. The molecule has 0 aromatic carbocycles. The van der Waals surface area contributed by atoms with E-state index in [0.29, 0.717) is 50.5 Å². The van der Waals surface area contributed by atoms with Crippen LogP contribution in [0.3, 0.4) is 0 Å². The van der Waals surface area contributed by atoms with Crippen LogP contribution in [-0.4, -0.2) is 62.8 Å². The summed E-state index contributed by atoms with van der Waals surface area (Å²) in [6.45, 7) is 4.46. The first-order valence-electron chi connectivity index (χ1n) is 14.2. The SMILES string of the molecule is C[C@@H]1C[C@H]2[C@@H]3CCC4=CC(=O)C=C[C@]4(C)[C@@]3(F)[C@@H](O)C[C@]2(C)[C@@]1(O)C(=O)COC(=O)[C@@H]1CCCC[C@H]1C(=O)O. The smallest absolute Gasteiger partial charge is 0.310 e. The summed E-state index contributed by atoms with van der Waals surface area (Å²) in [5.74, 6) is -6.10. The third-order valence-electron chi connectivity index (χ3n) is 11.4. The summed E-state index contributed by atoms with van der Waals surface area (Å²) >= 11 is 0. The van der Waals surface area contributed by atoms with Gasteiger partial charge in [-0.05, 0) is 69.4 Å². The van der Waals surface area contributed by atoms with Crippen molar-refractivity contribution >= 4 is 23.5 Å². The number of ketones is 2. The van der Waals surface area contributed by atoms with Gasteiger partial charge < -0.3 is 20.1 Å². The Kier molecular flexibility index (Phi) is 6.74. The number of carbonyl (C=O) groups is 4. The molecule has 39 heavy (non-hydrogen) atoms. The van der Waals surface area contributed by atoms with E-state index in [9.17, 15) is 34.5 Å². The van der Waals surface area contributed by atoms with Crippen molar-refractivity contribution < 1.29 is 43.6 Å². The number of esters is 1. The predicted octanol–water partition coefficient (Wildman–Crippen LogP) is 3.34. The number of hydrogen-bond acceptors (Lipinski definition) is 7. The summed E-state index contributed by atoms with van der Waals surface area (Å²) in [5.41, 5.74) is -5.73. The van der Waals surface area contributed by atoms with Gasteiger partial charge in [0.25, 0.3) is 0 Å². The van der Waals surface area contributed by atoms with Gasteiger partial charge in [-0.1, -0.05) is 38.3 Å². The van der Waals surface area contributed by atoms with Crippen LogP contribution in [0.1, 0.15) is 72.1 Å². The fourth-order valence-electron chi connectivity index (χ4n) is 9.20. The van der Waals surface area contributed by atoms with Gasteiger partial charge in [0.15, 0.2) is 18.1 Å². The number of aliphatic carboxylic acids is 1. The van der Waals surface area contributed by atoms with Crippen molar-refractivity contribution in [3.05, 3.63) is 23.8 Å². The molecule has 4 saturated carbocycles. The van der Waals surface area contributed by atoms with Crippen molar-refractivity contribution in [3.8, 4) is 0 Å². The number of aliphatic hydroxyl groups is 2. The van der Waals surface area contributed by atoms with Gasteiger partial charge in [-0.25, -0.2) is 4.39 Å². The Bertz CT molecular complexity index is 1160. The maximum absolute atomic E-state index is 17.3. The highest BCUT2D eigenvalue weighted by Crippen LogP contribution is 2.70. The highest BCUT2D eigenvalue weighted by molar-refractivity contribution is 6.01.